The van der Waals surface area contributed by atoms with Crippen LogP contribution in [-0.4, -0.2) is 49.3 Å². The van der Waals surface area contributed by atoms with E-state index in [9.17, 15) is 0 Å². The molecule has 1 aliphatic heterocycles. The zero-order valence-corrected chi connectivity index (χ0v) is 9.10. The van der Waals surface area contributed by atoms with Crippen LogP contribution in [0, 0.1) is 0 Å². The van der Waals surface area contributed by atoms with Crippen LogP contribution in [0.5, 0.6) is 0 Å². The average molecular weight is 204 g/mol. The molecule has 0 bridgehead atoms. The fourth-order valence-corrected chi connectivity index (χ4v) is 1.17. The van der Waals surface area contributed by atoms with Crippen LogP contribution >= 0.6 is 0 Å². The topological polar surface area (TPSA) is 51.2 Å². The van der Waals surface area contributed by atoms with Crippen molar-refractivity contribution in [3.63, 3.8) is 0 Å². The van der Waals surface area contributed by atoms with E-state index >= 15 is 0 Å². The molecule has 4 nitrogen and oxygen atoms in total. The fraction of sp³-hybridized carbons (Fsp3) is 1.00. The Kier molecular flexibility index (Phi) is 4.81. The van der Waals surface area contributed by atoms with Crippen molar-refractivity contribution in [2.75, 3.05) is 19.8 Å². The Morgan fingerprint density at radius 3 is 2.50 bits per heavy atom. The van der Waals surface area contributed by atoms with Crippen LogP contribution in [0.3, 0.4) is 0 Å². The third-order valence-corrected chi connectivity index (χ3v) is 2.20. The SMILES string of the molecule is CC(CO)OCC(C)OC(C)C1CO1. The standard InChI is InChI=1S/C10H20O4/c1-7(4-11)12-5-8(2)14-9(3)10-6-13-10/h7-11H,4-6H2,1-3H3. The van der Waals surface area contributed by atoms with E-state index in [1.165, 1.54) is 0 Å². The van der Waals surface area contributed by atoms with Gasteiger partial charge in [-0.3, -0.25) is 0 Å². The van der Waals surface area contributed by atoms with Crippen molar-refractivity contribution in [3.05, 3.63) is 0 Å². The van der Waals surface area contributed by atoms with Gasteiger partial charge >= 0.3 is 0 Å². The summed E-state index contributed by atoms with van der Waals surface area (Å²) in [5, 5.41) is 8.74. The van der Waals surface area contributed by atoms with Gasteiger partial charge in [-0.1, -0.05) is 0 Å². The summed E-state index contributed by atoms with van der Waals surface area (Å²) in [6, 6.07) is 0. The number of hydrogen-bond donors (Lipinski definition) is 1. The number of ether oxygens (including phenoxy) is 3. The first-order chi connectivity index (χ1) is 6.63. The van der Waals surface area contributed by atoms with Crippen LogP contribution in [0.15, 0.2) is 0 Å². The lowest BCUT2D eigenvalue weighted by Gasteiger charge is -2.19. The zero-order valence-electron chi connectivity index (χ0n) is 9.10. The Bertz CT molecular complexity index is 158. The highest BCUT2D eigenvalue weighted by molar-refractivity contribution is 4.77. The Labute approximate surface area is 85.2 Å². The molecule has 84 valence electrons. The molecule has 1 N–H and O–H groups in total. The van der Waals surface area contributed by atoms with Crippen molar-refractivity contribution < 1.29 is 19.3 Å². The van der Waals surface area contributed by atoms with Crippen LogP contribution in [0.4, 0.5) is 0 Å². The van der Waals surface area contributed by atoms with Gasteiger partial charge in [0.1, 0.15) is 6.10 Å². The normalized spacial score (nSPS) is 27.0. The van der Waals surface area contributed by atoms with Gasteiger partial charge in [0, 0.05) is 0 Å². The van der Waals surface area contributed by atoms with E-state index in [1.807, 2.05) is 20.8 Å². The molecule has 0 spiro atoms. The minimum atomic E-state index is -0.117. The molecule has 0 saturated carbocycles. The van der Waals surface area contributed by atoms with Gasteiger partial charge in [0.05, 0.1) is 38.1 Å². The summed E-state index contributed by atoms with van der Waals surface area (Å²) in [4.78, 5) is 0. The molecule has 1 rings (SSSR count). The summed E-state index contributed by atoms with van der Waals surface area (Å²) < 4.78 is 16.1. The molecule has 1 heterocycles. The predicted octanol–water partition coefficient (Wildman–Crippen LogP) is 0.576. The first-order valence-electron chi connectivity index (χ1n) is 5.13. The van der Waals surface area contributed by atoms with Crippen LogP contribution < -0.4 is 0 Å². The maximum absolute atomic E-state index is 8.74. The van der Waals surface area contributed by atoms with Gasteiger partial charge in [-0.2, -0.15) is 0 Å². The maximum Gasteiger partial charge on any atom is 0.107 e. The monoisotopic (exact) mass is 204 g/mol. The first-order valence-corrected chi connectivity index (χ1v) is 5.13. The van der Waals surface area contributed by atoms with Crippen molar-refractivity contribution >= 4 is 0 Å². The molecular formula is C10H20O4. The molecule has 0 aromatic rings. The quantitative estimate of drug-likeness (QED) is 0.616. The van der Waals surface area contributed by atoms with E-state index in [1.54, 1.807) is 0 Å². The smallest absolute Gasteiger partial charge is 0.107 e. The van der Waals surface area contributed by atoms with Crippen molar-refractivity contribution in [1.29, 1.82) is 0 Å². The second-order valence-electron chi connectivity index (χ2n) is 3.85. The number of rotatable bonds is 7. The number of hydrogen-bond acceptors (Lipinski definition) is 4. The molecule has 0 aliphatic carbocycles. The lowest BCUT2D eigenvalue weighted by Crippen LogP contribution is -2.27. The fourth-order valence-electron chi connectivity index (χ4n) is 1.17. The lowest BCUT2D eigenvalue weighted by atomic mass is 10.3. The summed E-state index contributed by atoms with van der Waals surface area (Å²) in [5.74, 6) is 0. The van der Waals surface area contributed by atoms with Crippen molar-refractivity contribution in [2.45, 2.75) is 45.2 Å². The molecule has 14 heavy (non-hydrogen) atoms. The largest absolute Gasteiger partial charge is 0.394 e. The molecule has 1 aliphatic rings. The van der Waals surface area contributed by atoms with E-state index < -0.39 is 0 Å². The summed E-state index contributed by atoms with van der Waals surface area (Å²) >= 11 is 0. The van der Waals surface area contributed by atoms with Crippen molar-refractivity contribution in [3.8, 4) is 0 Å². The van der Waals surface area contributed by atoms with E-state index in [0.717, 1.165) is 6.61 Å². The van der Waals surface area contributed by atoms with E-state index in [-0.39, 0.29) is 31.0 Å². The summed E-state index contributed by atoms with van der Waals surface area (Å²) in [6.07, 6.45) is 0.336. The van der Waals surface area contributed by atoms with Crippen LogP contribution in [0.25, 0.3) is 0 Å². The second-order valence-corrected chi connectivity index (χ2v) is 3.85. The number of epoxide rings is 1. The van der Waals surface area contributed by atoms with Crippen LogP contribution in [-0.2, 0) is 14.2 Å². The second kappa shape index (κ2) is 5.66. The Hall–Kier alpha value is -0.160. The van der Waals surface area contributed by atoms with Gasteiger partial charge < -0.3 is 19.3 Å². The molecule has 0 amide bonds. The first kappa shape index (κ1) is 11.9. The van der Waals surface area contributed by atoms with E-state index in [0.29, 0.717) is 6.61 Å². The molecule has 4 unspecified atom stereocenters. The summed E-state index contributed by atoms with van der Waals surface area (Å²) in [6.45, 7) is 7.17. The van der Waals surface area contributed by atoms with Gasteiger partial charge in [-0.25, -0.2) is 0 Å². The highest BCUT2D eigenvalue weighted by atomic mass is 16.6. The molecule has 0 aromatic carbocycles. The predicted molar refractivity (Wildman–Crippen MR) is 52.2 cm³/mol. The van der Waals surface area contributed by atoms with E-state index in [2.05, 4.69) is 0 Å². The van der Waals surface area contributed by atoms with Gasteiger partial charge in [-0.15, -0.1) is 0 Å². The van der Waals surface area contributed by atoms with Gasteiger partial charge in [0.25, 0.3) is 0 Å². The average Bonchev–Trinajstić information content (AvgIpc) is 2.97. The minimum Gasteiger partial charge on any atom is -0.394 e. The highest BCUT2D eigenvalue weighted by Gasteiger charge is 2.31. The van der Waals surface area contributed by atoms with Crippen molar-refractivity contribution in [2.24, 2.45) is 0 Å². The molecule has 1 saturated heterocycles. The Balaban J connectivity index is 2.05. The lowest BCUT2D eigenvalue weighted by molar-refractivity contribution is -0.0730. The van der Waals surface area contributed by atoms with E-state index in [4.69, 9.17) is 19.3 Å². The van der Waals surface area contributed by atoms with Gasteiger partial charge in [-0.05, 0) is 20.8 Å². The Morgan fingerprint density at radius 1 is 1.36 bits per heavy atom. The molecular weight excluding hydrogens is 184 g/mol. The molecule has 4 atom stereocenters. The third kappa shape index (κ3) is 4.37. The van der Waals surface area contributed by atoms with Crippen molar-refractivity contribution in [1.82, 2.24) is 0 Å². The molecule has 1 fully saturated rings. The minimum absolute atomic E-state index is 0.0446. The number of aliphatic hydroxyl groups excluding tert-OH is 1. The molecule has 4 heteroatoms. The summed E-state index contributed by atoms with van der Waals surface area (Å²) in [7, 11) is 0. The number of aliphatic hydroxyl groups is 1. The highest BCUT2D eigenvalue weighted by Crippen LogP contribution is 2.17. The van der Waals surface area contributed by atoms with Crippen LogP contribution in [0.1, 0.15) is 20.8 Å². The summed E-state index contributed by atoms with van der Waals surface area (Å²) in [5.41, 5.74) is 0. The molecule has 0 aromatic heterocycles. The van der Waals surface area contributed by atoms with Gasteiger partial charge in [0.2, 0.25) is 0 Å². The third-order valence-electron chi connectivity index (χ3n) is 2.20. The van der Waals surface area contributed by atoms with Gasteiger partial charge in [0.15, 0.2) is 0 Å². The Morgan fingerprint density at radius 2 is 2.00 bits per heavy atom. The zero-order chi connectivity index (χ0) is 10.6. The maximum atomic E-state index is 8.74. The molecule has 0 radical (unpaired) electrons. The van der Waals surface area contributed by atoms with Crippen LogP contribution in [0.2, 0.25) is 0 Å².